The molecule has 0 amide bonds. The van der Waals surface area contributed by atoms with E-state index >= 15 is 0 Å². The van der Waals surface area contributed by atoms with Crippen molar-refractivity contribution in [1.82, 2.24) is 4.90 Å². The number of likely N-dealkylation sites (N-methyl/N-ethyl adjacent to an activating group) is 1. The highest BCUT2D eigenvalue weighted by Gasteiger charge is 2.23. The van der Waals surface area contributed by atoms with E-state index in [0.29, 0.717) is 6.04 Å². The molecular weight excluding hydrogens is 210 g/mol. The molecule has 2 rings (SSSR count). The van der Waals surface area contributed by atoms with Gasteiger partial charge in [0.15, 0.2) is 0 Å². The zero-order valence-electron chi connectivity index (χ0n) is 11.1. The van der Waals surface area contributed by atoms with E-state index in [1.807, 2.05) is 6.92 Å². The Bertz CT molecular complexity index is 356. The first-order valence-corrected chi connectivity index (χ1v) is 6.35. The summed E-state index contributed by atoms with van der Waals surface area (Å²) in [5.41, 5.74) is 8.38. The minimum absolute atomic E-state index is 0.122. The molecule has 0 spiro atoms. The summed E-state index contributed by atoms with van der Waals surface area (Å²) in [6.45, 7) is 4.30. The summed E-state index contributed by atoms with van der Waals surface area (Å²) < 4.78 is 0. The Balaban J connectivity index is 2.04. The van der Waals surface area contributed by atoms with Gasteiger partial charge in [-0.2, -0.15) is 0 Å². The summed E-state index contributed by atoms with van der Waals surface area (Å²) in [7, 11) is 4.32. The average molecular weight is 233 g/mol. The molecule has 1 aromatic carbocycles. The number of nitrogens with zero attached hydrogens (tertiary/aromatic N) is 2. The van der Waals surface area contributed by atoms with E-state index in [2.05, 4.69) is 48.2 Å². The van der Waals surface area contributed by atoms with Gasteiger partial charge in [-0.15, -0.1) is 0 Å². The van der Waals surface area contributed by atoms with Gasteiger partial charge in [0.05, 0.1) is 0 Å². The van der Waals surface area contributed by atoms with E-state index in [1.165, 1.54) is 17.7 Å². The largest absolute Gasteiger partial charge is 0.370 e. The smallest absolute Gasteiger partial charge is 0.0366 e. The molecule has 1 heterocycles. The van der Waals surface area contributed by atoms with E-state index in [9.17, 15) is 0 Å². The molecule has 1 unspecified atom stereocenters. The van der Waals surface area contributed by atoms with E-state index in [0.717, 1.165) is 13.1 Å². The molecule has 0 aliphatic carbocycles. The minimum atomic E-state index is 0.122. The molecular formula is C14H23N3. The molecule has 3 nitrogen and oxygen atoms in total. The highest BCUT2D eigenvalue weighted by molar-refractivity contribution is 5.49. The van der Waals surface area contributed by atoms with E-state index in [1.54, 1.807) is 0 Å². The fraction of sp³-hybridized carbons (Fsp3) is 0.571. The number of hydrogen-bond donors (Lipinski definition) is 1. The first-order valence-electron chi connectivity index (χ1n) is 6.35. The van der Waals surface area contributed by atoms with Crippen LogP contribution in [0.5, 0.6) is 0 Å². The molecule has 94 valence electrons. The first kappa shape index (κ1) is 12.4. The zero-order chi connectivity index (χ0) is 12.4. The molecule has 2 atom stereocenters. The van der Waals surface area contributed by atoms with Crippen molar-refractivity contribution < 1.29 is 0 Å². The van der Waals surface area contributed by atoms with Crippen LogP contribution in [0.1, 0.15) is 24.9 Å². The molecule has 1 aliphatic rings. The number of rotatable bonds is 3. The standard InChI is InChI=1S/C14H23N3/c1-11(15)12-4-6-13(7-5-12)17-9-8-14(10-17)16(2)3/h4-7,11,14H,8-10,15H2,1-3H3/t11-,14?/m1/s1. The van der Waals surface area contributed by atoms with Gasteiger partial charge in [0.2, 0.25) is 0 Å². The molecule has 0 bridgehead atoms. The second kappa shape index (κ2) is 5.07. The van der Waals surface area contributed by atoms with Crippen LogP contribution in [0, 0.1) is 0 Å². The average Bonchev–Trinajstić information content (AvgIpc) is 2.78. The van der Waals surface area contributed by atoms with E-state index in [-0.39, 0.29) is 6.04 Å². The Kier molecular flexibility index (Phi) is 3.69. The minimum Gasteiger partial charge on any atom is -0.370 e. The maximum atomic E-state index is 5.86. The van der Waals surface area contributed by atoms with Crippen molar-refractivity contribution in [3.8, 4) is 0 Å². The van der Waals surface area contributed by atoms with Crippen LogP contribution in [0.4, 0.5) is 5.69 Å². The Morgan fingerprint density at radius 3 is 2.41 bits per heavy atom. The summed E-state index contributed by atoms with van der Waals surface area (Å²) in [4.78, 5) is 4.77. The third kappa shape index (κ3) is 2.79. The van der Waals surface area contributed by atoms with Crippen LogP contribution in [0.2, 0.25) is 0 Å². The number of nitrogens with two attached hydrogens (primary N) is 1. The van der Waals surface area contributed by atoms with Gasteiger partial charge < -0.3 is 15.5 Å². The molecule has 0 saturated carbocycles. The van der Waals surface area contributed by atoms with E-state index < -0.39 is 0 Å². The van der Waals surface area contributed by atoms with Gasteiger partial charge in [-0.1, -0.05) is 12.1 Å². The van der Waals surface area contributed by atoms with E-state index in [4.69, 9.17) is 5.73 Å². The predicted octanol–water partition coefficient (Wildman–Crippen LogP) is 1.85. The summed E-state index contributed by atoms with van der Waals surface area (Å²) >= 11 is 0. The highest BCUT2D eigenvalue weighted by Crippen LogP contribution is 2.23. The van der Waals surface area contributed by atoms with Gasteiger partial charge in [-0.3, -0.25) is 0 Å². The Morgan fingerprint density at radius 2 is 1.94 bits per heavy atom. The van der Waals surface area contributed by atoms with Crippen molar-refractivity contribution in [3.05, 3.63) is 29.8 Å². The maximum Gasteiger partial charge on any atom is 0.0366 e. The van der Waals surface area contributed by atoms with Crippen LogP contribution >= 0.6 is 0 Å². The monoisotopic (exact) mass is 233 g/mol. The number of anilines is 1. The molecule has 0 radical (unpaired) electrons. The Labute approximate surface area is 104 Å². The lowest BCUT2D eigenvalue weighted by Gasteiger charge is -2.22. The highest BCUT2D eigenvalue weighted by atomic mass is 15.2. The van der Waals surface area contributed by atoms with Crippen LogP contribution in [0.15, 0.2) is 24.3 Å². The molecule has 3 heteroatoms. The summed E-state index contributed by atoms with van der Waals surface area (Å²) in [5.74, 6) is 0. The molecule has 1 fully saturated rings. The van der Waals surface area contributed by atoms with Gasteiger partial charge >= 0.3 is 0 Å². The second-order valence-electron chi connectivity index (χ2n) is 5.23. The van der Waals surface area contributed by atoms with Crippen LogP contribution in [-0.4, -0.2) is 38.1 Å². The maximum absolute atomic E-state index is 5.86. The summed E-state index contributed by atoms with van der Waals surface area (Å²) in [5, 5.41) is 0. The fourth-order valence-electron chi connectivity index (χ4n) is 2.39. The first-order chi connectivity index (χ1) is 8.08. The lowest BCUT2D eigenvalue weighted by Crippen LogP contribution is -2.31. The van der Waals surface area contributed by atoms with Crippen LogP contribution in [-0.2, 0) is 0 Å². The van der Waals surface area contributed by atoms with Gasteiger partial charge in [0.1, 0.15) is 0 Å². The molecule has 1 saturated heterocycles. The van der Waals surface area contributed by atoms with Crippen molar-refractivity contribution in [2.24, 2.45) is 5.73 Å². The normalized spacial score (nSPS) is 22.2. The summed E-state index contributed by atoms with van der Waals surface area (Å²) in [6.07, 6.45) is 1.25. The third-order valence-electron chi connectivity index (χ3n) is 3.68. The number of benzene rings is 1. The van der Waals surface area contributed by atoms with Crippen LogP contribution < -0.4 is 10.6 Å². The van der Waals surface area contributed by atoms with Crippen molar-refractivity contribution in [2.45, 2.75) is 25.4 Å². The molecule has 2 N–H and O–H groups in total. The van der Waals surface area contributed by atoms with Crippen LogP contribution in [0.3, 0.4) is 0 Å². The summed E-state index contributed by atoms with van der Waals surface area (Å²) in [6, 6.07) is 9.47. The van der Waals surface area contributed by atoms with Gasteiger partial charge in [-0.05, 0) is 45.1 Å². The van der Waals surface area contributed by atoms with Crippen molar-refractivity contribution in [2.75, 3.05) is 32.1 Å². The molecule has 17 heavy (non-hydrogen) atoms. The van der Waals surface area contributed by atoms with Crippen molar-refractivity contribution >= 4 is 5.69 Å². The Morgan fingerprint density at radius 1 is 1.29 bits per heavy atom. The van der Waals surface area contributed by atoms with Gasteiger partial charge in [0, 0.05) is 30.9 Å². The third-order valence-corrected chi connectivity index (χ3v) is 3.68. The van der Waals surface area contributed by atoms with Gasteiger partial charge in [0.25, 0.3) is 0 Å². The molecule has 0 aromatic heterocycles. The molecule has 1 aliphatic heterocycles. The zero-order valence-corrected chi connectivity index (χ0v) is 11.1. The number of hydrogen-bond acceptors (Lipinski definition) is 3. The van der Waals surface area contributed by atoms with Crippen molar-refractivity contribution in [3.63, 3.8) is 0 Å². The SMILES string of the molecule is C[C@@H](N)c1ccc(N2CCC(N(C)C)C2)cc1. The second-order valence-corrected chi connectivity index (χ2v) is 5.23. The quantitative estimate of drug-likeness (QED) is 0.864. The lowest BCUT2D eigenvalue weighted by atomic mass is 10.1. The predicted molar refractivity (Wildman–Crippen MR) is 73.3 cm³/mol. The topological polar surface area (TPSA) is 32.5 Å². The fourth-order valence-corrected chi connectivity index (χ4v) is 2.39. The molecule has 1 aromatic rings. The lowest BCUT2D eigenvalue weighted by molar-refractivity contribution is 0.315. The van der Waals surface area contributed by atoms with Crippen molar-refractivity contribution in [1.29, 1.82) is 0 Å². The Hall–Kier alpha value is -1.06. The van der Waals surface area contributed by atoms with Crippen LogP contribution in [0.25, 0.3) is 0 Å². The van der Waals surface area contributed by atoms with Gasteiger partial charge in [-0.25, -0.2) is 0 Å².